The molecule has 5 rings (SSSR count). The standard InChI is InChI=1S/C33H27Cl2N5O4S/c1-2-43-30-17-21(7-16-29(30)44-19-31(41)38-27-6-4-3-5-26(27)35)18-36-40-32(42)23-10-8-22(9-11-23)28-20-45-33(39-28)37-25-14-12-24(34)13-15-25/h3-18,20H,2,19H2,1H3,(H,37,39)(H,38,41)(H,40,42)/b36-18-. The molecule has 0 saturated heterocycles. The van der Waals surface area contributed by atoms with Gasteiger partial charge in [-0.15, -0.1) is 11.3 Å². The maximum absolute atomic E-state index is 12.7. The summed E-state index contributed by atoms with van der Waals surface area (Å²) in [5, 5.41) is 13.8. The molecule has 0 atom stereocenters. The number of hydrogen-bond donors (Lipinski definition) is 3. The Labute approximate surface area is 273 Å². The van der Waals surface area contributed by atoms with Gasteiger partial charge in [-0.3, -0.25) is 9.59 Å². The second-order valence-corrected chi connectivity index (χ2v) is 11.1. The monoisotopic (exact) mass is 659 g/mol. The highest BCUT2D eigenvalue weighted by Gasteiger charge is 2.12. The molecule has 0 saturated carbocycles. The summed E-state index contributed by atoms with van der Waals surface area (Å²) in [6.45, 7) is 1.99. The molecule has 0 unspecified atom stereocenters. The van der Waals surface area contributed by atoms with Gasteiger partial charge in [0.15, 0.2) is 23.2 Å². The summed E-state index contributed by atoms with van der Waals surface area (Å²) in [5.41, 5.74) is 6.70. The van der Waals surface area contributed by atoms with Crippen LogP contribution in [0.1, 0.15) is 22.8 Å². The number of hydrogen-bond acceptors (Lipinski definition) is 8. The van der Waals surface area contributed by atoms with Crippen LogP contribution in [0.25, 0.3) is 11.3 Å². The van der Waals surface area contributed by atoms with Crippen LogP contribution < -0.4 is 25.5 Å². The van der Waals surface area contributed by atoms with Gasteiger partial charge in [0.25, 0.3) is 11.8 Å². The fraction of sp³-hybridized carbons (Fsp3) is 0.0909. The van der Waals surface area contributed by atoms with E-state index in [1.807, 2.05) is 48.7 Å². The number of amides is 2. The van der Waals surface area contributed by atoms with E-state index in [0.29, 0.717) is 45.0 Å². The van der Waals surface area contributed by atoms with Crippen molar-refractivity contribution in [3.05, 3.63) is 118 Å². The van der Waals surface area contributed by atoms with Gasteiger partial charge in [-0.2, -0.15) is 5.10 Å². The first-order valence-corrected chi connectivity index (χ1v) is 15.4. The number of thiazole rings is 1. The van der Waals surface area contributed by atoms with E-state index in [2.05, 4.69) is 26.1 Å². The molecule has 12 heteroatoms. The molecule has 45 heavy (non-hydrogen) atoms. The Kier molecular flexibility index (Phi) is 10.7. The summed E-state index contributed by atoms with van der Waals surface area (Å²) in [7, 11) is 0. The highest BCUT2D eigenvalue weighted by molar-refractivity contribution is 7.14. The van der Waals surface area contributed by atoms with Crippen molar-refractivity contribution in [3.8, 4) is 22.8 Å². The van der Waals surface area contributed by atoms with Crippen molar-refractivity contribution in [3.63, 3.8) is 0 Å². The van der Waals surface area contributed by atoms with E-state index in [-0.39, 0.29) is 18.4 Å². The van der Waals surface area contributed by atoms with Gasteiger partial charge in [0.1, 0.15) is 0 Å². The number of carbonyl (C=O) groups excluding carboxylic acids is 2. The van der Waals surface area contributed by atoms with Crippen LogP contribution in [0.2, 0.25) is 10.0 Å². The van der Waals surface area contributed by atoms with Crippen LogP contribution in [0.15, 0.2) is 101 Å². The fourth-order valence-corrected chi connectivity index (χ4v) is 5.08. The van der Waals surface area contributed by atoms with E-state index in [9.17, 15) is 9.59 Å². The second kappa shape index (κ2) is 15.2. The van der Waals surface area contributed by atoms with Crippen molar-refractivity contribution >= 4 is 69.1 Å². The van der Waals surface area contributed by atoms with Gasteiger partial charge in [0.2, 0.25) is 0 Å². The van der Waals surface area contributed by atoms with Crippen molar-refractivity contribution in [1.82, 2.24) is 10.4 Å². The van der Waals surface area contributed by atoms with Crippen molar-refractivity contribution < 1.29 is 19.1 Å². The first kappa shape index (κ1) is 31.5. The third-order valence-corrected chi connectivity index (χ3v) is 7.54. The van der Waals surface area contributed by atoms with E-state index >= 15 is 0 Å². The lowest BCUT2D eigenvalue weighted by molar-refractivity contribution is -0.118. The number of nitrogens with one attached hydrogen (secondary N) is 3. The Bertz CT molecular complexity index is 1810. The summed E-state index contributed by atoms with van der Waals surface area (Å²) in [6.07, 6.45) is 1.49. The van der Waals surface area contributed by atoms with Crippen LogP contribution in [0.5, 0.6) is 11.5 Å². The number of nitrogens with zero attached hydrogens (tertiary/aromatic N) is 2. The normalized spacial score (nSPS) is 10.8. The first-order valence-electron chi connectivity index (χ1n) is 13.7. The number of hydrazone groups is 1. The van der Waals surface area contributed by atoms with Crippen LogP contribution in [-0.4, -0.2) is 36.2 Å². The van der Waals surface area contributed by atoms with Gasteiger partial charge in [-0.05, 0) is 79.2 Å². The van der Waals surface area contributed by atoms with Crippen LogP contribution >= 0.6 is 34.5 Å². The van der Waals surface area contributed by atoms with Crippen LogP contribution in [0.4, 0.5) is 16.5 Å². The predicted octanol–water partition coefficient (Wildman–Crippen LogP) is 8.04. The van der Waals surface area contributed by atoms with Gasteiger partial charge >= 0.3 is 0 Å². The van der Waals surface area contributed by atoms with E-state index in [1.54, 1.807) is 54.6 Å². The minimum absolute atomic E-state index is 0.239. The second-order valence-electron chi connectivity index (χ2n) is 9.40. The molecule has 3 N–H and O–H groups in total. The molecule has 2 amide bonds. The fourth-order valence-electron chi connectivity index (χ4n) is 4.03. The third-order valence-electron chi connectivity index (χ3n) is 6.20. The lowest BCUT2D eigenvalue weighted by Gasteiger charge is -2.13. The molecule has 4 aromatic carbocycles. The van der Waals surface area contributed by atoms with E-state index in [4.69, 9.17) is 32.7 Å². The Morgan fingerprint density at radius 1 is 0.933 bits per heavy atom. The average Bonchev–Trinajstić information content (AvgIpc) is 3.51. The minimum Gasteiger partial charge on any atom is -0.490 e. The Morgan fingerprint density at radius 3 is 2.47 bits per heavy atom. The number of rotatable bonds is 12. The Morgan fingerprint density at radius 2 is 1.71 bits per heavy atom. The molecule has 0 spiro atoms. The van der Waals surface area contributed by atoms with Crippen LogP contribution in [0, 0.1) is 0 Å². The van der Waals surface area contributed by atoms with Crippen LogP contribution in [0.3, 0.4) is 0 Å². The molecule has 0 aliphatic heterocycles. The molecule has 0 bridgehead atoms. The molecular weight excluding hydrogens is 633 g/mol. The number of aromatic nitrogens is 1. The zero-order chi connectivity index (χ0) is 31.6. The maximum atomic E-state index is 12.7. The summed E-state index contributed by atoms with van der Waals surface area (Å²) in [6, 6.07) is 26.5. The first-order chi connectivity index (χ1) is 21.9. The zero-order valence-electron chi connectivity index (χ0n) is 23.9. The Balaban J connectivity index is 1.15. The van der Waals surface area contributed by atoms with E-state index < -0.39 is 0 Å². The third kappa shape index (κ3) is 8.82. The number of ether oxygens (including phenoxy) is 2. The molecule has 1 heterocycles. The molecule has 5 aromatic rings. The average molecular weight is 661 g/mol. The Hall–Kier alpha value is -4.90. The topological polar surface area (TPSA) is 114 Å². The smallest absolute Gasteiger partial charge is 0.271 e. The van der Waals surface area contributed by atoms with Crippen LogP contribution in [-0.2, 0) is 4.79 Å². The van der Waals surface area contributed by atoms with Gasteiger partial charge in [0.05, 0.1) is 29.2 Å². The van der Waals surface area contributed by atoms with Crippen molar-refractivity contribution in [2.75, 3.05) is 23.8 Å². The highest BCUT2D eigenvalue weighted by Crippen LogP contribution is 2.29. The predicted molar refractivity (Wildman–Crippen MR) is 181 cm³/mol. The largest absolute Gasteiger partial charge is 0.490 e. The van der Waals surface area contributed by atoms with Gasteiger partial charge in [-0.25, -0.2) is 10.4 Å². The molecular formula is C33H27Cl2N5O4S. The molecule has 0 radical (unpaired) electrons. The van der Waals surface area contributed by atoms with E-state index in [0.717, 1.165) is 22.1 Å². The molecule has 228 valence electrons. The highest BCUT2D eigenvalue weighted by atomic mass is 35.5. The number of anilines is 3. The SMILES string of the molecule is CCOc1cc(/C=N\NC(=O)c2ccc(-c3csc(Nc4ccc(Cl)cc4)n3)cc2)ccc1OCC(=O)Nc1ccccc1Cl. The lowest BCUT2D eigenvalue weighted by Crippen LogP contribution is -2.20. The number of benzene rings is 4. The maximum Gasteiger partial charge on any atom is 0.271 e. The summed E-state index contributed by atoms with van der Waals surface area (Å²) < 4.78 is 11.4. The van der Waals surface area contributed by atoms with Crippen molar-refractivity contribution in [1.29, 1.82) is 0 Å². The van der Waals surface area contributed by atoms with Crippen molar-refractivity contribution in [2.24, 2.45) is 5.10 Å². The van der Waals surface area contributed by atoms with Crippen molar-refractivity contribution in [2.45, 2.75) is 6.92 Å². The minimum atomic E-state index is -0.366. The molecule has 0 aliphatic rings. The summed E-state index contributed by atoms with van der Waals surface area (Å²) >= 11 is 13.5. The summed E-state index contributed by atoms with van der Waals surface area (Å²) in [4.78, 5) is 29.7. The van der Waals surface area contributed by atoms with Gasteiger partial charge in [0, 0.05) is 27.2 Å². The van der Waals surface area contributed by atoms with E-state index in [1.165, 1.54) is 17.6 Å². The quantitative estimate of drug-likeness (QED) is 0.0922. The summed E-state index contributed by atoms with van der Waals surface area (Å²) in [5.74, 6) is 0.0908. The van der Waals surface area contributed by atoms with Gasteiger partial charge in [-0.1, -0.05) is 47.5 Å². The molecule has 0 aliphatic carbocycles. The van der Waals surface area contributed by atoms with Gasteiger partial charge < -0.3 is 20.1 Å². The number of carbonyl (C=O) groups is 2. The number of halogens is 2. The molecule has 0 fully saturated rings. The lowest BCUT2D eigenvalue weighted by atomic mass is 10.1. The number of para-hydroxylation sites is 1. The molecule has 9 nitrogen and oxygen atoms in total. The molecule has 1 aromatic heterocycles. The zero-order valence-corrected chi connectivity index (χ0v) is 26.2.